The number of para-hydroxylation sites is 1. The van der Waals surface area contributed by atoms with Crippen molar-refractivity contribution in [1.82, 2.24) is 0 Å². The van der Waals surface area contributed by atoms with Crippen molar-refractivity contribution in [3.05, 3.63) is 52.0 Å². The van der Waals surface area contributed by atoms with Gasteiger partial charge in [0.1, 0.15) is 5.82 Å². The van der Waals surface area contributed by atoms with Gasteiger partial charge in [-0.25, -0.2) is 4.39 Å². The van der Waals surface area contributed by atoms with Crippen molar-refractivity contribution in [3.63, 3.8) is 0 Å². The molecule has 112 valence electrons. The predicted octanol–water partition coefficient (Wildman–Crippen LogP) is 3.95. The molecule has 3 rings (SSSR count). The Hall–Kier alpha value is -1.39. The Kier molecular flexibility index (Phi) is 4.27. The average Bonchev–Trinajstić information content (AvgIpc) is 3.14. The van der Waals surface area contributed by atoms with E-state index in [1.165, 1.54) is 4.88 Å². The van der Waals surface area contributed by atoms with Gasteiger partial charge >= 0.3 is 0 Å². The van der Waals surface area contributed by atoms with Crippen LogP contribution >= 0.6 is 11.3 Å². The Labute approximate surface area is 129 Å². The maximum atomic E-state index is 14.5. The normalized spacial score (nSPS) is 16.0. The highest BCUT2D eigenvalue weighted by Crippen LogP contribution is 2.37. The summed E-state index contributed by atoms with van der Waals surface area (Å²) in [5, 5.41) is 2.07. The number of hydrogen-bond donors (Lipinski definition) is 1. The van der Waals surface area contributed by atoms with E-state index >= 15 is 0 Å². The quantitative estimate of drug-likeness (QED) is 0.875. The van der Waals surface area contributed by atoms with Crippen LogP contribution in [0.15, 0.2) is 35.7 Å². The summed E-state index contributed by atoms with van der Waals surface area (Å²) in [7, 11) is 0. The van der Waals surface area contributed by atoms with Crippen LogP contribution in [0.4, 0.5) is 10.1 Å². The zero-order valence-corrected chi connectivity index (χ0v) is 13.1. The van der Waals surface area contributed by atoms with Crippen LogP contribution in [0, 0.1) is 5.82 Å². The minimum Gasteiger partial charge on any atom is -0.361 e. The van der Waals surface area contributed by atoms with Crippen molar-refractivity contribution in [2.45, 2.75) is 44.8 Å². The molecule has 1 heterocycles. The summed E-state index contributed by atoms with van der Waals surface area (Å²) in [6.07, 6.45) is 3.01. The lowest BCUT2D eigenvalue weighted by atomic mass is 10.0. The molecule has 2 aromatic rings. The predicted molar refractivity (Wildman–Crippen MR) is 87.3 cm³/mol. The van der Waals surface area contributed by atoms with Crippen LogP contribution in [0.3, 0.4) is 0 Å². The van der Waals surface area contributed by atoms with Gasteiger partial charge in [0.25, 0.3) is 0 Å². The molecule has 2 nitrogen and oxygen atoms in total. The van der Waals surface area contributed by atoms with Crippen LogP contribution in [0.2, 0.25) is 0 Å². The van der Waals surface area contributed by atoms with E-state index in [1.54, 1.807) is 23.5 Å². The smallest absolute Gasteiger partial charge is 0.146 e. The van der Waals surface area contributed by atoms with Gasteiger partial charge in [0, 0.05) is 17.0 Å². The van der Waals surface area contributed by atoms with E-state index in [4.69, 9.17) is 5.73 Å². The molecule has 21 heavy (non-hydrogen) atoms. The van der Waals surface area contributed by atoms with Gasteiger partial charge in [-0.05, 0) is 49.3 Å². The first kappa shape index (κ1) is 14.5. The minimum atomic E-state index is -0.128. The van der Waals surface area contributed by atoms with Gasteiger partial charge in [-0.2, -0.15) is 0 Å². The monoisotopic (exact) mass is 304 g/mol. The molecule has 0 radical (unpaired) electrons. The Morgan fingerprint density at radius 2 is 2.14 bits per heavy atom. The summed E-state index contributed by atoms with van der Waals surface area (Å²) in [6, 6.07) is 10.0. The van der Waals surface area contributed by atoms with Crippen LogP contribution in [-0.4, -0.2) is 12.1 Å². The van der Waals surface area contributed by atoms with Crippen molar-refractivity contribution < 1.29 is 4.39 Å². The van der Waals surface area contributed by atoms with Crippen molar-refractivity contribution >= 4 is 17.0 Å². The van der Waals surface area contributed by atoms with Crippen molar-refractivity contribution in [3.8, 4) is 0 Å². The first-order valence-corrected chi connectivity index (χ1v) is 8.35. The molecule has 1 fully saturated rings. The molecule has 0 aliphatic heterocycles. The summed E-state index contributed by atoms with van der Waals surface area (Å²) in [4.78, 5) is 3.51. The maximum Gasteiger partial charge on any atom is 0.146 e. The summed E-state index contributed by atoms with van der Waals surface area (Å²) in [5.74, 6) is -0.128. The third-order valence-corrected chi connectivity index (χ3v) is 4.65. The number of nitrogens with two attached hydrogens (primary N) is 1. The highest BCUT2D eigenvalue weighted by Gasteiger charge is 2.32. The zero-order chi connectivity index (χ0) is 14.8. The minimum absolute atomic E-state index is 0.0355. The van der Waals surface area contributed by atoms with Gasteiger partial charge in [-0.15, -0.1) is 11.3 Å². The summed E-state index contributed by atoms with van der Waals surface area (Å²) < 4.78 is 14.5. The van der Waals surface area contributed by atoms with Gasteiger partial charge < -0.3 is 10.6 Å². The molecular weight excluding hydrogens is 283 g/mol. The summed E-state index contributed by atoms with van der Waals surface area (Å²) in [5.41, 5.74) is 7.71. The fourth-order valence-electron chi connectivity index (χ4n) is 2.74. The Morgan fingerprint density at radius 3 is 2.76 bits per heavy atom. The number of benzene rings is 1. The number of anilines is 1. The maximum absolute atomic E-state index is 14.5. The number of thiophene rings is 1. The second-order valence-corrected chi connectivity index (χ2v) is 6.90. The van der Waals surface area contributed by atoms with Crippen LogP contribution in [0.1, 0.15) is 30.2 Å². The van der Waals surface area contributed by atoms with E-state index in [1.807, 2.05) is 13.0 Å². The van der Waals surface area contributed by atoms with Crippen molar-refractivity contribution in [1.29, 1.82) is 0 Å². The van der Waals surface area contributed by atoms with E-state index < -0.39 is 0 Å². The largest absolute Gasteiger partial charge is 0.361 e. The van der Waals surface area contributed by atoms with Crippen molar-refractivity contribution in [2.75, 3.05) is 4.90 Å². The number of hydrogen-bond acceptors (Lipinski definition) is 3. The second kappa shape index (κ2) is 6.16. The van der Waals surface area contributed by atoms with Crippen molar-refractivity contribution in [2.24, 2.45) is 5.73 Å². The molecule has 1 unspecified atom stereocenters. The molecule has 1 aromatic carbocycles. The van der Waals surface area contributed by atoms with Gasteiger partial charge in [0.15, 0.2) is 0 Å². The first-order chi connectivity index (χ1) is 10.1. The Balaban J connectivity index is 1.94. The number of rotatable bonds is 6. The van der Waals surface area contributed by atoms with E-state index in [0.29, 0.717) is 12.5 Å². The third kappa shape index (κ3) is 3.44. The van der Waals surface area contributed by atoms with E-state index in [0.717, 1.165) is 30.6 Å². The van der Waals surface area contributed by atoms with E-state index in [2.05, 4.69) is 22.4 Å². The number of halogens is 1. The molecule has 2 N–H and O–H groups in total. The highest BCUT2D eigenvalue weighted by molar-refractivity contribution is 7.09. The van der Waals surface area contributed by atoms with Gasteiger partial charge in [-0.1, -0.05) is 18.2 Å². The highest BCUT2D eigenvalue weighted by atomic mass is 32.1. The molecular formula is C17H21FN2S. The fraction of sp³-hybridized carbons (Fsp3) is 0.412. The topological polar surface area (TPSA) is 29.3 Å². The molecule has 1 aromatic heterocycles. The Morgan fingerprint density at radius 1 is 1.33 bits per heavy atom. The average molecular weight is 304 g/mol. The second-order valence-electron chi connectivity index (χ2n) is 5.87. The molecule has 1 atom stereocenters. The zero-order valence-electron chi connectivity index (χ0n) is 12.3. The molecule has 1 aliphatic rings. The van der Waals surface area contributed by atoms with E-state index in [-0.39, 0.29) is 11.9 Å². The standard InChI is InChI=1S/C17H21FN2S/c1-12(19)10-13-4-2-6-16(18)17(13)20(14-7-8-14)11-15-5-3-9-21-15/h2-6,9,12,14H,7-8,10-11,19H2,1H3. The molecule has 4 heteroatoms. The summed E-state index contributed by atoms with van der Waals surface area (Å²) in [6.45, 7) is 2.75. The lowest BCUT2D eigenvalue weighted by Crippen LogP contribution is -2.28. The summed E-state index contributed by atoms with van der Waals surface area (Å²) >= 11 is 1.73. The van der Waals surface area contributed by atoms with Gasteiger partial charge in [0.2, 0.25) is 0 Å². The first-order valence-electron chi connectivity index (χ1n) is 7.47. The molecule has 1 aliphatic carbocycles. The lowest BCUT2D eigenvalue weighted by Gasteiger charge is -2.27. The van der Waals surface area contributed by atoms with Gasteiger partial charge in [0.05, 0.1) is 12.2 Å². The number of nitrogens with zero attached hydrogens (tertiary/aromatic N) is 1. The molecule has 0 spiro atoms. The lowest BCUT2D eigenvalue weighted by molar-refractivity contribution is 0.609. The van der Waals surface area contributed by atoms with Crippen LogP contribution < -0.4 is 10.6 Å². The Bertz CT molecular complexity index is 591. The van der Waals surface area contributed by atoms with Crippen LogP contribution in [0.5, 0.6) is 0 Å². The fourth-order valence-corrected chi connectivity index (χ4v) is 3.44. The van der Waals surface area contributed by atoms with E-state index in [9.17, 15) is 4.39 Å². The van der Waals surface area contributed by atoms with Crippen LogP contribution in [-0.2, 0) is 13.0 Å². The van der Waals surface area contributed by atoms with Crippen LogP contribution in [0.25, 0.3) is 0 Å². The van der Waals surface area contributed by atoms with Gasteiger partial charge in [-0.3, -0.25) is 0 Å². The molecule has 0 amide bonds. The molecule has 0 bridgehead atoms. The SMILES string of the molecule is CC(N)Cc1cccc(F)c1N(Cc1cccs1)C1CC1. The third-order valence-electron chi connectivity index (χ3n) is 3.79. The molecule has 0 saturated heterocycles. The molecule has 1 saturated carbocycles.